The lowest BCUT2D eigenvalue weighted by Gasteiger charge is -2.19. The topological polar surface area (TPSA) is 86.8 Å². The van der Waals surface area contributed by atoms with Crippen molar-refractivity contribution in [3.05, 3.63) is 29.3 Å². The van der Waals surface area contributed by atoms with Crippen LogP contribution in [0.3, 0.4) is 0 Å². The number of sulfonamides is 1. The third-order valence-corrected chi connectivity index (χ3v) is 5.71. The van der Waals surface area contributed by atoms with Gasteiger partial charge in [-0.3, -0.25) is 9.59 Å². The van der Waals surface area contributed by atoms with E-state index in [-0.39, 0.29) is 34.3 Å². The van der Waals surface area contributed by atoms with Crippen molar-refractivity contribution in [2.45, 2.75) is 24.8 Å². The van der Waals surface area contributed by atoms with Crippen LogP contribution in [0.25, 0.3) is 0 Å². The maximum atomic E-state index is 12.5. The molecule has 1 aromatic carbocycles. The molecule has 1 N–H and O–H groups in total. The van der Waals surface area contributed by atoms with Gasteiger partial charge in [0, 0.05) is 31.7 Å². The largest absolute Gasteiger partial charge is 0.340 e. The number of hydrogen-bond acceptors (Lipinski definition) is 5. The van der Waals surface area contributed by atoms with Crippen molar-refractivity contribution in [2.75, 3.05) is 27.2 Å². The maximum absolute atomic E-state index is 12.5. The van der Waals surface area contributed by atoms with Gasteiger partial charge in [0.1, 0.15) is 4.90 Å². The molecule has 1 aromatic rings. The van der Waals surface area contributed by atoms with E-state index in [1.54, 1.807) is 27.9 Å². The van der Waals surface area contributed by atoms with Crippen molar-refractivity contribution < 1.29 is 18.0 Å². The second-order valence-corrected chi connectivity index (χ2v) is 7.52. The fourth-order valence-electron chi connectivity index (χ4n) is 2.49. The summed E-state index contributed by atoms with van der Waals surface area (Å²) >= 11 is 0. The number of carbonyl (C=O) groups excluding carboxylic acids is 2. The molecule has 0 spiro atoms. The highest BCUT2D eigenvalue weighted by atomic mass is 35.5. The molecular weight excluding hydrogens is 354 g/mol. The molecule has 0 radical (unpaired) electrons. The summed E-state index contributed by atoms with van der Waals surface area (Å²) in [5, 5.41) is 2.94. The summed E-state index contributed by atoms with van der Waals surface area (Å²) in [6.45, 7) is 4.40. The van der Waals surface area contributed by atoms with Gasteiger partial charge in [0.05, 0.1) is 5.56 Å². The number of likely N-dealkylation sites (N-methyl/N-ethyl adjacent to an activating group) is 2. The summed E-state index contributed by atoms with van der Waals surface area (Å²) in [6, 6.07) is 3.73. The third-order valence-electron chi connectivity index (χ3n) is 3.71. The standard InChI is InChI=1S/C15H21N3O4S.ClH/c1-10(2)18-15(20)12-6-5-11(9-13(12)23(18,21)22)14(19)17(4)8-7-16-3;/h5-6,9-10,16H,7-8H2,1-4H3;1H. The van der Waals surface area contributed by atoms with Crippen LogP contribution in [0, 0.1) is 0 Å². The number of halogens is 1. The minimum atomic E-state index is -3.89. The first-order valence-electron chi connectivity index (χ1n) is 7.34. The molecule has 0 unspecified atom stereocenters. The average Bonchev–Trinajstić information content (AvgIpc) is 2.70. The lowest BCUT2D eigenvalue weighted by molar-refractivity contribution is 0.0794. The Hall–Kier alpha value is -1.64. The molecule has 1 aliphatic rings. The number of rotatable bonds is 5. The van der Waals surface area contributed by atoms with Gasteiger partial charge in [0.25, 0.3) is 21.8 Å². The Kier molecular flexibility index (Phi) is 6.38. The zero-order chi connectivity index (χ0) is 17.4. The van der Waals surface area contributed by atoms with E-state index >= 15 is 0 Å². The number of nitrogens with one attached hydrogen (secondary N) is 1. The fourth-order valence-corrected chi connectivity index (χ4v) is 4.29. The lowest BCUT2D eigenvalue weighted by atomic mass is 10.1. The Morgan fingerprint density at radius 2 is 1.96 bits per heavy atom. The predicted molar refractivity (Wildman–Crippen MR) is 93.1 cm³/mol. The van der Waals surface area contributed by atoms with Gasteiger partial charge in [-0.25, -0.2) is 12.7 Å². The second-order valence-electron chi connectivity index (χ2n) is 5.74. The van der Waals surface area contributed by atoms with Gasteiger partial charge in [-0.1, -0.05) is 0 Å². The molecule has 0 fully saturated rings. The number of benzene rings is 1. The summed E-state index contributed by atoms with van der Waals surface area (Å²) in [6.07, 6.45) is 0. The first-order chi connectivity index (χ1) is 10.7. The van der Waals surface area contributed by atoms with Gasteiger partial charge < -0.3 is 10.2 Å². The molecule has 1 heterocycles. The molecule has 0 saturated carbocycles. The normalized spacial score (nSPS) is 15.2. The van der Waals surface area contributed by atoms with E-state index in [0.29, 0.717) is 13.1 Å². The van der Waals surface area contributed by atoms with Crippen LogP contribution in [0.5, 0.6) is 0 Å². The van der Waals surface area contributed by atoms with Crippen LogP contribution in [-0.4, -0.2) is 62.7 Å². The van der Waals surface area contributed by atoms with Crippen LogP contribution in [0.4, 0.5) is 0 Å². The van der Waals surface area contributed by atoms with E-state index < -0.39 is 22.0 Å². The number of fused-ring (bicyclic) bond motifs is 1. The van der Waals surface area contributed by atoms with Crippen molar-refractivity contribution in [3.8, 4) is 0 Å². The molecule has 7 nitrogen and oxygen atoms in total. The molecule has 2 rings (SSSR count). The van der Waals surface area contributed by atoms with Crippen molar-refractivity contribution >= 4 is 34.2 Å². The summed E-state index contributed by atoms with van der Waals surface area (Å²) in [7, 11) is -0.463. The molecule has 2 amide bonds. The van der Waals surface area contributed by atoms with Gasteiger partial charge >= 0.3 is 0 Å². The van der Waals surface area contributed by atoms with Crippen LogP contribution < -0.4 is 5.32 Å². The zero-order valence-electron chi connectivity index (χ0n) is 14.1. The van der Waals surface area contributed by atoms with E-state index in [4.69, 9.17) is 0 Å². The quantitative estimate of drug-likeness (QED) is 0.828. The van der Waals surface area contributed by atoms with E-state index in [2.05, 4.69) is 5.32 Å². The first-order valence-corrected chi connectivity index (χ1v) is 8.78. The van der Waals surface area contributed by atoms with Crippen molar-refractivity contribution in [1.82, 2.24) is 14.5 Å². The molecular formula is C15H22ClN3O4S. The third kappa shape index (κ3) is 3.40. The number of hydrogen-bond donors (Lipinski definition) is 1. The summed E-state index contributed by atoms with van der Waals surface area (Å²) in [5.74, 6) is -0.828. The monoisotopic (exact) mass is 375 g/mol. The van der Waals surface area contributed by atoms with E-state index in [1.165, 1.54) is 23.1 Å². The Morgan fingerprint density at radius 3 is 2.50 bits per heavy atom. The molecule has 0 aromatic heterocycles. The SMILES string of the molecule is CNCCN(C)C(=O)c1ccc2c(c1)S(=O)(=O)N(C(C)C)C2=O.Cl. The van der Waals surface area contributed by atoms with E-state index in [0.717, 1.165) is 4.31 Å². The minimum Gasteiger partial charge on any atom is -0.340 e. The first kappa shape index (κ1) is 20.4. The Morgan fingerprint density at radius 1 is 1.33 bits per heavy atom. The van der Waals surface area contributed by atoms with E-state index in [9.17, 15) is 18.0 Å². The van der Waals surface area contributed by atoms with Crippen LogP contribution >= 0.6 is 12.4 Å². The van der Waals surface area contributed by atoms with Crippen LogP contribution in [0.15, 0.2) is 23.1 Å². The highest BCUT2D eigenvalue weighted by Crippen LogP contribution is 2.32. The summed E-state index contributed by atoms with van der Waals surface area (Å²) in [4.78, 5) is 26.0. The molecule has 0 atom stereocenters. The molecule has 134 valence electrons. The summed E-state index contributed by atoms with van der Waals surface area (Å²) < 4.78 is 25.9. The van der Waals surface area contributed by atoms with Gasteiger partial charge in [0.15, 0.2) is 0 Å². The van der Waals surface area contributed by atoms with Gasteiger partial charge in [-0.2, -0.15) is 0 Å². The molecule has 0 saturated heterocycles. The van der Waals surface area contributed by atoms with Crippen LogP contribution in [-0.2, 0) is 10.0 Å². The second kappa shape index (κ2) is 7.50. The van der Waals surface area contributed by atoms with Crippen molar-refractivity contribution in [3.63, 3.8) is 0 Å². The minimum absolute atomic E-state index is 0. The Labute approximate surface area is 148 Å². The number of carbonyl (C=O) groups is 2. The van der Waals surface area contributed by atoms with Gasteiger partial charge in [0.2, 0.25) is 0 Å². The van der Waals surface area contributed by atoms with Crippen molar-refractivity contribution in [2.24, 2.45) is 0 Å². The Bertz CT molecular complexity index is 749. The van der Waals surface area contributed by atoms with Crippen LogP contribution in [0.2, 0.25) is 0 Å². The molecule has 9 heteroatoms. The highest BCUT2D eigenvalue weighted by Gasteiger charge is 2.43. The number of nitrogens with zero attached hydrogens (tertiary/aromatic N) is 2. The average molecular weight is 376 g/mol. The zero-order valence-corrected chi connectivity index (χ0v) is 15.7. The highest BCUT2D eigenvalue weighted by molar-refractivity contribution is 7.90. The van der Waals surface area contributed by atoms with Gasteiger partial charge in [-0.05, 0) is 39.1 Å². The van der Waals surface area contributed by atoms with E-state index in [1.807, 2.05) is 0 Å². The molecule has 0 bridgehead atoms. The summed E-state index contributed by atoms with van der Waals surface area (Å²) in [5.41, 5.74) is 0.373. The molecule has 0 aliphatic carbocycles. The fraction of sp³-hybridized carbons (Fsp3) is 0.467. The van der Waals surface area contributed by atoms with Crippen molar-refractivity contribution in [1.29, 1.82) is 0 Å². The number of amides is 2. The smallest absolute Gasteiger partial charge is 0.269 e. The maximum Gasteiger partial charge on any atom is 0.269 e. The Balaban J connectivity index is 0.00000288. The van der Waals surface area contributed by atoms with Crippen LogP contribution in [0.1, 0.15) is 34.6 Å². The molecule has 1 aliphatic heterocycles. The predicted octanol–water partition coefficient (Wildman–Crippen LogP) is 0.953. The van der Waals surface area contributed by atoms with Gasteiger partial charge in [-0.15, -0.1) is 12.4 Å². The molecule has 24 heavy (non-hydrogen) atoms. The lowest BCUT2D eigenvalue weighted by Crippen LogP contribution is -2.36.